The first-order valence-electron chi connectivity index (χ1n) is 7.79. The number of nitrogens with one attached hydrogen (secondary N) is 2. The van der Waals surface area contributed by atoms with E-state index < -0.39 is 17.6 Å². The molecule has 132 valence electrons. The van der Waals surface area contributed by atoms with E-state index in [4.69, 9.17) is 4.74 Å². The van der Waals surface area contributed by atoms with Crippen LogP contribution < -0.4 is 10.6 Å². The number of hydrogen-bond donors (Lipinski definition) is 2. The van der Waals surface area contributed by atoms with E-state index in [1.165, 1.54) is 24.3 Å². The van der Waals surface area contributed by atoms with Gasteiger partial charge in [-0.3, -0.25) is 4.79 Å². The van der Waals surface area contributed by atoms with E-state index in [2.05, 4.69) is 17.2 Å². The summed E-state index contributed by atoms with van der Waals surface area (Å²) in [6, 6.07) is 5.54. The molecule has 0 bridgehead atoms. The van der Waals surface area contributed by atoms with E-state index in [0.29, 0.717) is 24.2 Å². The highest BCUT2D eigenvalue weighted by Crippen LogP contribution is 2.16. The zero-order chi connectivity index (χ0) is 18.3. The maximum Gasteiger partial charge on any atom is 0.407 e. The molecule has 2 amide bonds. The van der Waals surface area contributed by atoms with Crippen LogP contribution in [0.4, 0.5) is 14.9 Å². The van der Waals surface area contributed by atoms with Crippen molar-refractivity contribution in [3.05, 3.63) is 42.2 Å². The van der Waals surface area contributed by atoms with Crippen molar-refractivity contribution < 1.29 is 18.7 Å². The highest BCUT2D eigenvalue weighted by Gasteiger charge is 2.18. The first kappa shape index (κ1) is 19.7. The number of ether oxygens (including phenoxy) is 1. The number of anilines is 1. The van der Waals surface area contributed by atoms with Crippen LogP contribution in [-0.2, 0) is 9.53 Å². The summed E-state index contributed by atoms with van der Waals surface area (Å²) in [5.41, 5.74) is 0.655. The van der Waals surface area contributed by atoms with Gasteiger partial charge < -0.3 is 15.4 Å². The first-order chi connectivity index (χ1) is 11.1. The lowest BCUT2D eigenvalue weighted by molar-refractivity contribution is -0.118. The smallest absolute Gasteiger partial charge is 0.407 e. The van der Waals surface area contributed by atoms with Gasteiger partial charge in [0.1, 0.15) is 11.4 Å². The molecule has 5 nitrogen and oxygen atoms in total. The van der Waals surface area contributed by atoms with E-state index in [1.807, 2.05) is 0 Å². The fourth-order valence-electron chi connectivity index (χ4n) is 1.82. The molecular weight excluding hydrogens is 311 g/mol. The molecule has 0 heterocycles. The van der Waals surface area contributed by atoms with E-state index in [1.54, 1.807) is 27.7 Å². The maximum absolute atomic E-state index is 12.8. The number of hydrogen-bond acceptors (Lipinski definition) is 3. The molecule has 0 aromatic heterocycles. The summed E-state index contributed by atoms with van der Waals surface area (Å²) < 4.78 is 18.0. The van der Waals surface area contributed by atoms with Crippen molar-refractivity contribution in [2.45, 2.75) is 39.7 Å². The van der Waals surface area contributed by atoms with Crippen LogP contribution >= 0.6 is 0 Å². The summed E-state index contributed by atoms with van der Waals surface area (Å²) in [7, 11) is 0. The van der Waals surface area contributed by atoms with Gasteiger partial charge in [-0.15, -0.1) is 0 Å². The second-order valence-corrected chi connectivity index (χ2v) is 6.55. The zero-order valence-electron chi connectivity index (χ0n) is 14.6. The number of carbonyl (C=O) groups excluding carboxylic acids is 2. The normalized spacial score (nSPS) is 12.2. The molecule has 0 saturated heterocycles. The largest absolute Gasteiger partial charge is 0.444 e. The lowest BCUT2D eigenvalue weighted by Gasteiger charge is -2.20. The van der Waals surface area contributed by atoms with Crippen LogP contribution in [0.1, 0.15) is 34.1 Å². The van der Waals surface area contributed by atoms with Crippen LogP contribution in [-0.4, -0.2) is 24.1 Å². The molecule has 0 aliphatic carbocycles. The number of benzene rings is 1. The molecule has 1 rings (SSSR count). The Morgan fingerprint density at radius 1 is 1.25 bits per heavy atom. The van der Waals surface area contributed by atoms with Crippen molar-refractivity contribution in [3.8, 4) is 0 Å². The summed E-state index contributed by atoms with van der Waals surface area (Å²) >= 11 is 0. The molecule has 0 fully saturated rings. The molecule has 6 heteroatoms. The third kappa shape index (κ3) is 7.26. The zero-order valence-corrected chi connectivity index (χ0v) is 14.6. The lowest BCUT2D eigenvalue weighted by Crippen LogP contribution is -2.33. The van der Waals surface area contributed by atoms with Crippen molar-refractivity contribution in [1.29, 1.82) is 0 Å². The highest BCUT2D eigenvalue weighted by molar-refractivity contribution is 5.94. The molecule has 0 aliphatic rings. The summed E-state index contributed by atoms with van der Waals surface area (Å²) in [4.78, 5) is 23.7. The third-order valence-corrected chi connectivity index (χ3v) is 3.23. The predicted octanol–water partition coefficient (Wildman–Crippen LogP) is 3.87. The second-order valence-electron chi connectivity index (χ2n) is 6.55. The van der Waals surface area contributed by atoms with Gasteiger partial charge in [0, 0.05) is 12.2 Å². The Morgan fingerprint density at radius 2 is 1.83 bits per heavy atom. The number of rotatable bonds is 6. The minimum Gasteiger partial charge on any atom is -0.444 e. The van der Waals surface area contributed by atoms with Crippen molar-refractivity contribution >= 4 is 17.7 Å². The monoisotopic (exact) mass is 336 g/mol. The maximum atomic E-state index is 12.8. The van der Waals surface area contributed by atoms with Gasteiger partial charge in [0.15, 0.2) is 0 Å². The summed E-state index contributed by atoms with van der Waals surface area (Å²) in [5.74, 6) is -1.03. The minimum atomic E-state index is -0.552. The molecule has 0 aliphatic heterocycles. The Hall–Kier alpha value is -2.37. The Labute approximate surface area is 142 Å². The van der Waals surface area contributed by atoms with Gasteiger partial charge in [-0.05, 0) is 58.4 Å². The molecule has 1 atom stereocenters. The average molecular weight is 336 g/mol. The van der Waals surface area contributed by atoms with Crippen LogP contribution in [0.5, 0.6) is 0 Å². The summed E-state index contributed by atoms with van der Waals surface area (Å²) in [6.07, 6.45) is -0.0456. The van der Waals surface area contributed by atoms with Crippen LogP contribution in [0.2, 0.25) is 0 Å². The topological polar surface area (TPSA) is 67.4 Å². The fraction of sp³-hybridized carbons (Fsp3) is 0.444. The molecule has 0 radical (unpaired) electrons. The van der Waals surface area contributed by atoms with Crippen LogP contribution in [0.15, 0.2) is 36.4 Å². The minimum absolute atomic E-state index is 0.233. The van der Waals surface area contributed by atoms with Gasteiger partial charge >= 0.3 is 6.09 Å². The van der Waals surface area contributed by atoms with E-state index in [0.717, 1.165) is 0 Å². The molecule has 1 aromatic rings. The summed E-state index contributed by atoms with van der Waals surface area (Å²) in [5, 5.41) is 5.33. The van der Waals surface area contributed by atoms with Crippen LogP contribution in [0, 0.1) is 11.7 Å². The van der Waals surface area contributed by atoms with Gasteiger partial charge in [0.25, 0.3) is 0 Å². The van der Waals surface area contributed by atoms with Crippen LogP contribution in [0.25, 0.3) is 0 Å². The molecule has 0 saturated carbocycles. The van der Waals surface area contributed by atoms with Crippen molar-refractivity contribution in [2.24, 2.45) is 5.92 Å². The third-order valence-electron chi connectivity index (χ3n) is 3.23. The van der Waals surface area contributed by atoms with Gasteiger partial charge in [-0.1, -0.05) is 12.2 Å². The molecule has 2 N–H and O–H groups in total. The Morgan fingerprint density at radius 3 is 2.38 bits per heavy atom. The molecule has 0 spiro atoms. The van der Waals surface area contributed by atoms with Gasteiger partial charge in [0.05, 0.1) is 5.92 Å². The van der Waals surface area contributed by atoms with Crippen molar-refractivity contribution in [2.75, 3.05) is 11.9 Å². The van der Waals surface area contributed by atoms with Crippen molar-refractivity contribution in [3.63, 3.8) is 0 Å². The van der Waals surface area contributed by atoms with Gasteiger partial charge in [0.2, 0.25) is 5.91 Å². The fourth-order valence-corrected chi connectivity index (χ4v) is 1.82. The van der Waals surface area contributed by atoms with E-state index >= 15 is 0 Å². The Balaban J connectivity index is 2.39. The molecule has 1 aromatic carbocycles. The highest BCUT2D eigenvalue weighted by atomic mass is 19.1. The lowest BCUT2D eigenvalue weighted by atomic mass is 9.99. The second kappa shape index (κ2) is 8.47. The average Bonchev–Trinajstić information content (AvgIpc) is 2.46. The van der Waals surface area contributed by atoms with E-state index in [9.17, 15) is 14.0 Å². The standard InChI is InChI=1S/C18H25FN2O3/c1-12(10-11-20-17(23)24-18(3,4)5)13(2)16(22)21-15-8-6-14(19)7-9-15/h6-9,13H,1,10-11H2,2-5H3,(H,20,23)(H,21,22)/t13-/m0/s1. The predicted molar refractivity (Wildman–Crippen MR) is 92.2 cm³/mol. The van der Waals surface area contributed by atoms with E-state index in [-0.39, 0.29) is 11.7 Å². The first-order valence-corrected chi connectivity index (χ1v) is 7.79. The van der Waals surface area contributed by atoms with Gasteiger partial charge in [-0.25, -0.2) is 9.18 Å². The Kier molecular flexibility index (Phi) is 6.95. The van der Waals surface area contributed by atoms with Gasteiger partial charge in [-0.2, -0.15) is 0 Å². The number of halogens is 1. The molecule has 24 heavy (non-hydrogen) atoms. The Bertz CT molecular complexity index is 591. The number of carbonyl (C=O) groups is 2. The van der Waals surface area contributed by atoms with Crippen molar-refractivity contribution in [1.82, 2.24) is 5.32 Å². The number of amides is 2. The number of alkyl carbamates (subject to hydrolysis) is 1. The SMILES string of the molecule is C=C(CCNC(=O)OC(C)(C)C)[C@H](C)C(=O)Nc1ccc(F)cc1. The quantitative estimate of drug-likeness (QED) is 0.775. The molecular formula is C18H25FN2O3. The summed E-state index contributed by atoms with van der Waals surface area (Å²) in [6.45, 7) is 11.3. The molecule has 0 unspecified atom stereocenters. The van der Waals surface area contributed by atoms with Crippen LogP contribution in [0.3, 0.4) is 0 Å².